The van der Waals surface area contributed by atoms with Gasteiger partial charge in [-0.1, -0.05) is 231 Å². The van der Waals surface area contributed by atoms with Crippen molar-refractivity contribution >= 4 is 17.9 Å². The average Bonchev–Trinajstić information content (AvgIpc) is 3.39. The molecule has 0 heterocycles. The summed E-state index contributed by atoms with van der Waals surface area (Å²) in [4.78, 5) is 38.2. The van der Waals surface area contributed by atoms with Gasteiger partial charge in [0.05, 0.1) is 0 Å². The van der Waals surface area contributed by atoms with Crippen LogP contribution in [0.5, 0.6) is 0 Å². The molecule has 0 saturated heterocycles. The van der Waals surface area contributed by atoms with Gasteiger partial charge < -0.3 is 14.2 Å². The molecule has 0 fully saturated rings. The van der Waals surface area contributed by atoms with Crippen molar-refractivity contribution in [2.75, 3.05) is 13.2 Å². The van der Waals surface area contributed by atoms with E-state index in [9.17, 15) is 14.4 Å². The molecule has 0 radical (unpaired) electrons. The second kappa shape index (κ2) is 59.8. The second-order valence-corrected chi connectivity index (χ2v) is 18.8. The third-order valence-electron chi connectivity index (χ3n) is 11.8. The first kappa shape index (κ1) is 68.3. The number of hydrogen-bond acceptors (Lipinski definition) is 6. The second-order valence-electron chi connectivity index (χ2n) is 18.8. The van der Waals surface area contributed by atoms with Gasteiger partial charge in [-0.2, -0.15) is 0 Å². The number of allylic oxidation sites excluding steroid dienone is 24. The Morgan fingerprint density at radius 3 is 0.795 bits per heavy atom. The Hall–Kier alpha value is -4.71. The molecule has 0 rings (SSSR count). The fourth-order valence-electron chi connectivity index (χ4n) is 7.53. The number of esters is 3. The van der Waals surface area contributed by atoms with Crippen molar-refractivity contribution in [2.24, 2.45) is 0 Å². The quantitative estimate of drug-likeness (QED) is 0.0261. The standard InChI is InChI=1S/C67H106O6/c1-4-7-10-13-16-19-22-25-28-31-32-33-34-37-39-42-45-48-51-54-57-60-66(69)72-63-64(73-67(70)61-58-55-52-49-46-43-40-36-30-27-24-21-18-15-12-9-6-3)62-71-65(68)59-56-53-50-47-44-41-38-35-29-26-23-20-17-14-11-8-5-2/h7-12,16-21,25-30,32-33,37,39,45,48,64H,4-6,13-15,22-24,31,34-36,38,40-44,46-47,49-63H2,1-3H3/b10-7-,11-8-,12-9-,19-16-,20-17-,21-18-,28-25-,29-26-,30-27-,33-32-,39-37-,48-45-. The molecule has 0 aliphatic carbocycles. The Balaban J connectivity index is 4.52. The summed E-state index contributed by atoms with van der Waals surface area (Å²) >= 11 is 0. The molecule has 0 aliphatic heterocycles. The van der Waals surface area contributed by atoms with E-state index in [2.05, 4.69) is 167 Å². The molecule has 73 heavy (non-hydrogen) atoms. The average molecular weight is 1010 g/mol. The highest BCUT2D eigenvalue weighted by Crippen LogP contribution is 2.14. The summed E-state index contributed by atoms with van der Waals surface area (Å²) in [5.74, 6) is -0.975. The van der Waals surface area contributed by atoms with Gasteiger partial charge in [-0.15, -0.1) is 0 Å². The van der Waals surface area contributed by atoms with E-state index >= 15 is 0 Å². The van der Waals surface area contributed by atoms with Crippen molar-refractivity contribution in [3.8, 4) is 0 Å². The minimum Gasteiger partial charge on any atom is -0.462 e. The van der Waals surface area contributed by atoms with Crippen LogP contribution in [-0.4, -0.2) is 37.2 Å². The van der Waals surface area contributed by atoms with Gasteiger partial charge in [-0.05, 0) is 135 Å². The van der Waals surface area contributed by atoms with E-state index < -0.39 is 6.10 Å². The molecule has 410 valence electrons. The van der Waals surface area contributed by atoms with Crippen LogP contribution in [0.1, 0.15) is 239 Å². The topological polar surface area (TPSA) is 78.9 Å². The first-order chi connectivity index (χ1) is 36.0. The monoisotopic (exact) mass is 1010 g/mol. The number of rotatable bonds is 51. The molecule has 1 unspecified atom stereocenters. The lowest BCUT2D eigenvalue weighted by Crippen LogP contribution is -2.30. The number of unbranched alkanes of at least 4 members (excludes halogenated alkanes) is 16. The Bertz CT molecular complexity index is 1630. The van der Waals surface area contributed by atoms with Crippen molar-refractivity contribution in [2.45, 2.75) is 245 Å². The van der Waals surface area contributed by atoms with Gasteiger partial charge in [0.1, 0.15) is 13.2 Å². The lowest BCUT2D eigenvalue weighted by atomic mass is 10.1. The summed E-state index contributed by atoms with van der Waals surface area (Å²) in [6.07, 6.45) is 85.5. The van der Waals surface area contributed by atoms with E-state index in [0.717, 1.165) is 148 Å². The predicted octanol–water partition coefficient (Wildman–Crippen LogP) is 20.0. The van der Waals surface area contributed by atoms with Crippen molar-refractivity contribution in [1.29, 1.82) is 0 Å². The van der Waals surface area contributed by atoms with Crippen LogP contribution in [0.4, 0.5) is 0 Å². The largest absolute Gasteiger partial charge is 0.462 e. The van der Waals surface area contributed by atoms with Crippen LogP contribution in [0.3, 0.4) is 0 Å². The van der Waals surface area contributed by atoms with Crippen LogP contribution < -0.4 is 0 Å². The van der Waals surface area contributed by atoms with E-state index in [1.807, 2.05) is 0 Å². The first-order valence-corrected chi connectivity index (χ1v) is 29.3. The number of hydrogen-bond donors (Lipinski definition) is 0. The number of carbonyl (C=O) groups is 3. The molecule has 0 bridgehead atoms. The summed E-state index contributed by atoms with van der Waals surface area (Å²) < 4.78 is 16.8. The van der Waals surface area contributed by atoms with Crippen LogP contribution in [0.15, 0.2) is 146 Å². The molecule has 0 N–H and O–H groups in total. The van der Waals surface area contributed by atoms with E-state index in [4.69, 9.17) is 14.2 Å². The molecule has 0 aromatic carbocycles. The van der Waals surface area contributed by atoms with Crippen molar-refractivity contribution in [1.82, 2.24) is 0 Å². The van der Waals surface area contributed by atoms with E-state index in [-0.39, 0.29) is 31.1 Å². The molecule has 0 aliphatic rings. The Morgan fingerprint density at radius 1 is 0.274 bits per heavy atom. The van der Waals surface area contributed by atoms with E-state index in [1.165, 1.54) is 44.9 Å². The fraction of sp³-hybridized carbons (Fsp3) is 0.597. The van der Waals surface area contributed by atoms with Gasteiger partial charge in [-0.3, -0.25) is 14.4 Å². The maximum Gasteiger partial charge on any atom is 0.306 e. The molecule has 0 amide bonds. The Kier molecular flexibility index (Phi) is 56.0. The van der Waals surface area contributed by atoms with Crippen molar-refractivity contribution in [3.05, 3.63) is 146 Å². The normalized spacial score (nSPS) is 13.2. The molecule has 0 aromatic rings. The van der Waals surface area contributed by atoms with Crippen LogP contribution in [0.25, 0.3) is 0 Å². The third kappa shape index (κ3) is 58.1. The molecule has 0 aromatic heterocycles. The van der Waals surface area contributed by atoms with Gasteiger partial charge in [0.2, 0.25) is 0 Å². The molecule has 1 atom stereocenters. The minimum atomic E-state index is -0.813. The van der Waals surface area contributed by atoms with Crippen LogP contribution in [0.2, 0.25) is 0 Å². The van der Waals surface area contributed by atoms with Crippen molar-refractivity contribution < 1.29 is 28.6 Å². The van der Waals surface area contributed by atoms with Crippen LogP contribution >= 0.6 is 0 Å². The summed E-state index contributed by atoms with van der Waals surface area (Å²) in [5.41, 5.74) is 0. The van der Waals surface area contributed by atoms with Gasteiger partial charge >= 0.3 is 17.9 Å². The molecule has 6 heteroatoms. The maximum atomic E-state index is 12.9. The predicted molar refractivity (Wildman–Crippen MR) is 315 cm³/mol. The van der Waals surface area contributed by atoms with E-state index in [1.54, 1.807) is 0 Å². The summed E-state index contributed by atoms with van der Waals surface area (Å²) in [6, 6.07) is 0. The van der Waals surface area contributed by atoms with Gasteiger partial charge in [-0.25, -0.2) is 0 Å². The lowest BCUT2D eigenvalue weighted by molar-refractivity contribution is -0.167. The van der Waals surface area contributed by atoms with Crippen LogP contribution in [0, 0.1) is 0 Å². The highest BCUT2D eigenvalue weighted by atomic mass is 16.6. The molecule has 6 nitrogen and oxygen atoms in total. The summed E-state index contributed by atoms with van der Waals surface area (Å²) in [6.45, 7) is 6.24. The minimum absolute atomic E-state index is 0.107. The van der Waals surface area contributed by atoms with E-state index in [0.29, 0.717) is 25.7 Å². The number of carbonyl (C=O) groups excluding carboxylic acids is 3. The molecular formula is C67H106O6. The Labute approximate surface area is 448 Å². The summed E-state index contributed by atoms with van der Waals surface area (Å²) in [7, 11) is 0. The molecular weight excluding hydrogens is 901 g/mol. The third-order valence-corrected chi connectivity index (χ3v) is 11.8. The highest BCUT2D eigenvalue weighted by molar-refractivity contribution is 5.71. The van der Waals surface area contributed by atoms with Crippen LogP contribution in [-0.2, 0) is 28.6 Å². The SMILES string of the molecule is CC/C=C\C/C=C\C/C=C\C/C=C\C/C=C\C/C=C\CCCCC(=O)OCC(COC(=O)CCCCCCCCC/C=C\C/C=C\C/C=C\CC)OC(=O)CCCCCCCCC/C=C\C/C=C\C/C=C\CC. The van der Waals surface area contributed by atoms with Gasteiger partial charge in [0.25, 0.3) is 0 Å². The number of ether oxygens (including phenoxy) is 3. The Morgan fingerprint density at radius 2 is 0.493 bits per heavy atom. The summed E-state index contributed by atoms with van der Waals surface area (Å²) in [5, 5.41) is 0. The smallest absolute Gasteiger partial charge is 0.306 e. The maximum absolute atomic E-state index is 12.9. The molecule has 0 saturated carbocycles. The van der Waals surface area contributed by atoms with Crippen molar-refractivity contribution in [3.63, 3.8) is 0 Å². The van der Waals surface area contributed by atoms with Gasteiger partial charge in [0, 0.05) is 19.3 Å². The molecule has 0 spiro atoms. The zero-order valence-electron chi connectivity index (χ0n) is 46.8. The highest BCUT2D eigenvalue weighted by Gasteiger charge is 2.19. The lowest BCUT2D eigenvalue weighted by Gasteiger charge is -2.18. The van der Waals surface area contributed by atoms with Gasteiger partial charge in [0.15, 0.2) is 6.10 Å². The zero-order chi connectivity index (χ0) is 52.9. The first-order valence-electron chi connectivity index (χ1n) is 29.3. The zero-order valence-corrected chi connectivity index (χ0v) is 46.8. The fourth-order valence-corrected chi connectivity index (χ4v) is 7.53.